The largest absolute Gasteiger partial charge is 0.454 e. The number of rotatable bonds is 5. The number of hydrogen-bond acceptors (Lipinski definition) is 9. The van der Waals surface area contributed by atoms with Crippen LogP contribution < -0.4 is 14.4 Å². The van der Waals surface area contributed by atoms with Gasteiger partial charge in [0.2, 0.25) is 18.5 Å². The van der Waals surface area contributed by atoms with E-state index in [0.717, 1.165) is 75.1 Å². The lowest BCUT2D eigenvalue weighted by atomic mass is 10.1. The predicted molar refractivity (Wildman–Crippen MR) is 116 cm³/mol. The Hall–Kier alpha value is -3.17. The van der Waals surface area contributed by atoms with Gasteiger partial charge in [-0.15, -0.1) is 0 Å². The van der Waals surface area contributed by atoms with Crippen LogP contribution in [0.25, 0.3) is 11.4 Å². The first-order valence-electron chi connectivity index (χ1n) is 11.1. The molecule has 0 bridgehead atoms. The van der Waals surface area contributed by atoms with Crippen molar-refractivity contribution in [2.24, 2.45) is 0 Å². The summed E-state index contributed by atoms with van der Waals surface area (Å²) < 4.78 is 22.1. The van der Waals surface area contributed by atoms with E-state index >= 15 is 0 Å². The van der Waals surface area contributed by atoms with Crippen molar-refractivity contribution in [2.75, 3.05) is 44.5 Å². The first kappa shape index (κ1) is 19.5. The molecule has 166 valence electrons. The second kappa shape index (κ2) is 8.40. The van der Waals surface area contributed by atoms with E-state index in [2.05, 4.69) is 32.1 Å². The fraction of sp³-hybridized carbons (Fsp3) is 0.435. The standard InChI is InChI=1S/C23H25N5O4/c1-2-18(28(7-1)14-16-3-4-19-20(12-16)31-15-30-19)23-25-22(26-32-23)17-5-6-24-21(13-17)27-8-10-29-11-9-27/h3-6,12-13,18H,1-2,7-11,14-15H2/t18-/m0/s1. The molecule has 0 saturated carbocycles. The molecule has 1 aromatic carbocycles. The molecule has 2 aromatic heterocycles. The van der Waals surface area contributed by atoms with Crippen LogP contribution in [0.4, 0.5) is 5.82 Å². The lowest BCUT2D eigenvalue weighted by molar-refractivity contribution is 0.122. The number of ether oxygens (including phenoxy) is 3. The van der Waals surface area contributed by atoms with Crippen LogP contribution in [-0.4, -0.2) is 59.7 Å². The number of morpholine rings is 1. The number of aromatic nitrogens is 3. The fourth-order valence-corrected chi connectivity index (χ4v) is 4.58. The molecule has 9 nitrogen and oxygen atoms in total. The lowest BCUT2D eigenvalue weighted by Crippen LogP contribution is -2.36. The van der Waals surface area contributed by atoms with Crippen LogP contribution in [0.1, 0.15) is 30.3 Å². The van der Waals surface area contributed by atoms with Gasteiger partial charge in [0.1, 0.15) is 5.82 Å². The molecule has 0 amide bonds. The molecule has 0 radical (unpaired) electrons. The second-order valence-corrected chi connectivity index (χ2v) is 8.27. The Morgan fingerprint density at radius 2 is 1.91 bits per heavy atom. The van der Waals surface area contributed by atoms with Crippen molar-refractivity contribution in [1.29, 1.82) is 0 Å². The van der Waals surface area contributed by atoms with Crippen LogP contribution in [0.3, 0.4) is 0 Å². The number of pyridine rings is 1. The van der Waals surface area contributed by atoms with Gasteiger partial charge in [0.15, 0.2) is 11.5 Å². The van der Waals surface area contributed by atoms with E-state index in [1.165, 1.54) is 5.56 Å². The normalized spacial score (nSPS) is 20.8. The van der Waals surface area contributed by atoms with E-state index < -0.39 is 0 Å². The first-order valence-corrected chi connectivity index (χ1v) is 11.1. The van der Waals surface area contributed by atoms with Crippen molar-refractivity contribution in [1.82, 2.24) is 20.0 Å². The summed E-state index contributed by atoms with van der Waals surface area (Å²) in [6, 6.07) is 10.2. The molecule has 1 atom stereocenters. The zero-order valence-electron chi connectivity index (χ0n) is 17.8. The van der Waals surface area contributed by atoms with Gasteiger partial charge in [0.25, 0.3) is 0 Å². The van der Waals surface area contributed by atoms with E-state index in [9.17, 15) is 0 Å². The lowest BCUT2D eigenvalue weighted by Gasteiger charge is -2.27. The van der Waals surface area contributed by atoms with Gasteiger partial charge in [-0.3, -0.25) is 4.90 Å². The second-order valence-electron chi connectivity index (χ2n) is 8.27. The van der Waals surface area contributed by atoms with Crippen LogP contribution in [0, 0.1) is 0 Å². The molecule has 5 heterocycles. The molecule has 3 aliphatic heterocycles. The Bertz CT molecular complexity index is 1100. The maximum Gasteiger partial charge on any atom is 0.244 e. The van der Waals surface area contributed by atoms with Gasteiger partial charge < -0.3 is 23.6 Å². The molecule has 0 aliphatic carbocycles. The zero-order chi connectivity index (χ0) is 21.3. The van der Waals surface area contributed by atoms with Crippen LogP contribution >= 0.6 is 0 Å². The number of nitrogens with zero attached hydrogens (tertiary/aromatic N) is 5. The molecule has 3 aliphatic rings. The Balaban J connectivity index is 1.19. The summed E-state index contributed by atoms with van der Waals surface area (Å²) >= 11 is 0. The van der Waals surface area contributed by atoms with Gasteiger partial charge in [-0.2, -0.15) is 4.98 Å². The summed E-state index contributed by atoms with van der Waals surface area (Å²) in [7, 11) is 0. The summed E-state index contributed by atoms with van der Waals surface area (Å²) in [6.07, 6.45) is 3.91. The van der Waals surface area contributed by atoms with Crippen molar-refractivity contribution in [3.05, 3.63) is 48.0 Å². The van der Waals surface area contributed by atoms with Crippen LogP contribution in [-0.2, 0) is 11.3 Å². The average molecular weight is 435 g/mol. The summed E-state index contributed by atoms with van der Waals surface area (Å²) in [5.74, 6) is 3.81. The van der Waals surface area contributed by atoms with Gasteiger partial charge in [0.05, 0.1) is 19.3 Å². The Morgan fingerprint density at radius 3 is 2.84 bits per heavy atom. The highest BCUT2D eigenvalue weighted by molar-refractivity contribution is 5.59. The Labute approximate surface area is 185 Å². The summed E-state index contributed by atoms with van der Waals surface area (Å²) in [5, 5.41) is 4.29. The Morgan fingerprint density at radius 1 is 1.00 bits per heavy atom. The summed E-state index contributed by atoms with van der Waals surface area (Å²) in [5.41, 5.74) is 2.10. The number of hydrogen-bond donors (Lipinski definition) is 0. The minimum Gasteiger partial charge on any atom is -0.454 e. The molecule has 2 saturated heterocycles. The maximum atomic E-state index is 5.73. The van der Waals surface area contributed by atoms with Gasteiger partial charge in [0, 0.05) is 31.4 Å². The quantitative estimate of drug-likeness (QED) is 0.600. The molecule has 0 unspecified atom stereocenters. The highest BCUT2D eigenvalue weighted by Gasteiger charge is 2.31. The number of anilines is 1. The molecule has 32 heavy (non-hydrogen) atoms. The summed E-state index contributed by atoms with van der Waals surface area (Å²) in [4.78, 5) is 13.9. The molecule has 9 heteroatoms. The van der Waals surface area contributed by atoms with Crippen molar-refractivity contribution in [3.63, 3.8) is 0 Å². The fourth-order valence-electron chi connectivity index (χ4n) is 4.58. The predicted octanol–water partition coefficient (Wildman–Crippen LogP) is 3.03. The number of benzene rings is 1. The topological polar surface area (TPSA) is 86.0 Å². The van der Waals surface area contributed by atoms with Crippen LogP contribution in [0.5, 0.6) is 11.5 Å². The van der Waals surface area contributed by atoms with Crippen molar-refractivity contribution in [2.45, 2.75) is 25.4 Å². The monoisotopic (exact) mass is 435 g/mol. The van der Waals surface area contributed by atoms with E-state index in [4.69, 9.17) is 23.7 Å². The summed E-state index contributed by atoms with van der Waals surface area (Å²) in [6.45, 7) is 5.20. The van der Waals surface area contributed by atoms with Crippen molar-refractivity contribution < 1.29 is 18.7 Å². The molecule has 6 rings (SSSR count). The highest BCUT2D eigenvalue weighted by atomic mass is 16.7. The van der Waals surface area contributed by atoms with E-state index in [1.807, 2.05) is 18.2 Å². The van der Waals surface area contributed by atoms with E-state index in [1.54, 1.807) is 6.20 Å². The van der Waals surface area contributed by atoms with E-state index in [-0.39, 0.29) is 12.8 Å². The van der Waals surface area contributed by atoms with Gasteiger partial charge in [-0.05, 0) is 49.2 Å². The zero-order valence-corrected chi connectivity index (χ0v) is 17.8. The third-order valence-electron chi connectivity index (χ3n) is 6.25. The molecule has 0 spiro atoms. The number of fused-ring (bicyclic) bond motifs is 1. The molecule has 3 aromatic rings. The van der Waals surface area contributed by atoms with Crippen molar-refractivity contribution in [3.8, 4) is 22.9 Å². The van der Waals surface area contributed by atoms with E-state index in [0.29, 0.717) is 11.7 Å². The maximum absolute atomic E-state index is 5.73. The average Bonchev–Trinajstić information content (AvgIpc) is 3.60. The molecule has 0 N–H and O–H groups in total. The molecular formula is C23H25N5O4. The first-order chi connectivity index (χ1) is 15.8. The SMILES string of the molecule is c1cc(-c2noc([C@@H]3CCCN3Cc3ccc4c(c3)OCO4)n2)cc(N2CCOCC2)n1. The third kappa shape index (κ3) is 3.78. The molecular weight excluding hydrogens is 410 g/mol. The van der Waals surface area contributed by atoms with Crippen LogP contribution in [0.2, 0.25) is 0 Å². The number of likely N-dealkylation sites (tertiary alicyclic amines) is 1. The van der Waals surface area contributed by atoms with Gasteiger partial charge in [-0.25, -0.2) is 4.98 Å². The smallest absolute Gasteiger partial charge is 0.244 e. The highest BCUT2D eigenvalue weighted by Crippen LogP contribution is 2.36. The van der Waals surface area contributed by atoms with Gasteiger partial charge >= 0.3 is 0 Å². The minimum absolute atomic E-state index is 0.113. The minimum atomic E-state index is 0.113. The van der Waals surface area contributed by atoms with Gasteiger partial charge in [-0.1, -0.05) is 11.2 Å². The third-order valence-corrected chi connectivity index (χ3v) is 6.25. The Kier molecular flexibility index (Phi) is 5.12. The van der Waals surface area contributed by atoms with Crippen LogP contribution in [0.15, 0.2) is 41.1 Å². The molecule has 2 fully saturated rings. The van der Waals surface area contributed by atoms with Crippen molar-refractivity contribution >= 4 is 5.82 Å².